The van der Waals surface area contributed by atoms with E-state index in [2.05, 4.69) is 15.5 Å². The molecule has 0 aromatic heterocycles. The Hall–Kier alpha value is -4.31. The molecule has 0 fully saturated rings. The van der Waals surface area contributed by atoms with Crippen molar-refractivity contribution in [2.75, 3.05) is 24.3 Å². The maximum absolute atomic E-state index is 12.9. The number of rotatable bonds is 8. The van der Waals surface area contributed by atoms with E-state index in [4.69, 9.17) is 5.11 Å². The van der Waals surface area contributed by atoms with Crippen molar-refractivity contribution < 1.29 is 23.1 Å². The number of nitrogens with zero attached hydrogens (tertiary/aromatic N) is 3. The molecular weight excluding hydrogens is 456 g/mol. The van der Waals surface area contributed by atoms with Gasteiger partial charge in [-0.2, -0.15) is 10.2 Å². The molecule has 10 heteroatoms. The van der Waals surface area contributed by atoms with E-state index in [1.807, 2.05) is 43.3 Å². The maximum Gasteiger partial charge on any atom is 0.328 e. The molecule has 174 valence electrons. The zero-order valence-corrected chi connectivity index (χ0v) is 19.2. The van der Waals surface area contributed by atoms with Crippen LogP contribution in [-0.2, 0) is 19.4 Å². The lowest BCUT2D eigenvalue weighted by molar-refractivity contribution is -0.131. The van der Waals surface area contributed by atoms with Gasteiger partial charge in [-0.25, -0.2) is 13.2 Å². The minimum atomic E-state index is -3.78. The van der Waals surface area contributed by atoms with Gasteiger partial charge in [0.1, 0.15) is 0 Å². The summed E-state index contributed by atoms with van der Waals surface area (Å²) in [5.74, 6) is -1.89. The van der Waals surface area contributed by atoms with Crippen LogP contribution in [0.2, 0.25) is 0 Å². The van der Waals surface area contributed by atoms with Gasteiger partial charge < -0.3 is 15.3 Å². The van der Waals surface area contributed by atoms with E-state index in [1.54, 1.807) is 12.1 Å². The van der Waals surface area contributed by atoms with E-state index in [0.29, 0.717) is 23.1 Å². The van der Waals surface area contributed by atoms with E-state index in [1.165, 1.54) is 36.4 Å². The van der Waals surface area contributed by atoms with Gasteiger partial charge in [0.05, 0.1) is 21.2 Å². The highest BCUT2D eigenvalue weighted by Gasteiger charge is 2.17. The summed E-state index contributed by atoms with van der Waals surface area (Å²) in [5, 5.41) is 19.3. The largest absolute Gasteiger partial charge is 0.478 e. The second-order valence-electron chi connectivity index (χ2n) is 7.29. The average molecular weight is 479 g/mol. The van der Waals surface area contributed by atoms with E-state index in [0.717, 1.165) is 11.8 Å². The number of hydrogen-bond acceptors (Lipinski definition) is 7. The summed E-state index contributed by atoms with van der Waals surface area (Å²) in [7, 11) is 0.107. The molecule has 3 aromatic carbocycles. The molecule has 0 aliphatic carbocycles. The van der Waals surface area contributed by atoms with Crippen molar-refractivity contribution in [3.8, 4) is 0 Å². The highest BCUT2D eigenvalue weighted by atomic mass is 32.2. The molecule has 0 saturated carbocycles. The number of carboxylic acid groups (broad SMARTS) is 1. The van der Waals surface area contributed by atoms with Crippen LogP contribution in [0.15, 0.2) is 105 Å². The number of carbonyl (C=O) groups excluding carboxylic acids is 1. The second kappa shape index (κ2) is 10.5. The molecule has 0 atom stereocenters. The van der Waals surface area contributed by atoms with Crippen LogP contribution in [0, 0.1) is 0 Å². The number of nitrogens with one attached hydrogen (secondary N) is 1. The first-order chi connectivity index (χ1) is 16.1. The zero-order valence-electron chi connectivity index (χ0n) is 18.4. The fraction of sp³-hybridized carbons (Fsp3) is 0.0833. The Morgan fingerprint density at radius 1 is 0.794 bits per heavy atom. The first-order valence-electron chi connectivity index (χ1n) is 10.0. The molecular formula is C24H22N4O5S. The van der Waals surface area contributed by atoms with Gasteiger partial charge in [-0.15, -0.1) is 0 Å². The highest BCUT2D eigenvalue weighted by Crippen LogP contribution is 2.26. The van der Waals surface area contributed by atoms with Gasteiger partial charge in [0.15, 0.2) is 0 Å². The SMILES string of the molecule is CN(C)c1ccc(N=Nc2ccc(S(=O)(=O)c3ccc(NC(=O)/C=C\C(=O)O)cc3)cc2)cc1. The molecule has 0 bridgehead atoms. The first kappa shape index (κ1) is 24.3. The molecule has 0 aliphatic heterocycles. The summed E-state index contributed by atoms with van der Waals surface area (Å²) < 4.78 is 25.8. The fourth-order valence-electron chi connectivity index (χ4n) is 2.81. The van der Waals surface area contributed by atoms with Crippen molar-refractivity contribution in [3.05, 3.63) is 84.9 Å². The number of hydrogen-bond donors (Lipinski definition) is 2. The summed E-state index contributed by atoms with van der Waals surface area (Å²) in [5.41, 5.74) is 2.54. The van der Waals surface area contributed by atoms with Crippen molar-refractivity contribution >= 4 is 44.5 Å². The van der Waals surface area contributed by atoms with E-state index >= 15 is 0 Å². The topological polar surface area (TPSA) is 128 Å². The standard InChI is InChI=1S/C24H22N4O5S/c1-28(2)20-9-3-18(4-10-20)26-27-19-7-13-22(14-8-19)34(32,33)21-11-5-17(6-12-21)25-23(29)15-16-24(30)31/h3-16H,1-2H3,(H,25,29)(H,30,31)/b16-15-,27-26?. The molecule has 0 radical (unpaired) electrons. The zero-order chi connectivity index (χ0) is 24.7. The lowest BCUT2D eigenvalue weighted by Gasteiger charge is -2.11. The lowest BCUT2D eigenvalue weighted by Crippen LogP contribution is -2.09. The molecule has 0 spiro atoms. The molecule has 1 amide bonds. The Morgan fingerprint density at radius 2 is 1.26 bits per heavy atom. The van der Waals surface area contributed by atoms with Gasteiger partial charge in [0.2, 0.25) is 15.7 Å². The van der Waals surface area contributed by atoms with Gasteiger partial charge in [-0.05, 0) is 72.8 Å². The summed E-state index contributed by atoms with van der Waals surface area (Å²) in [6.07, 6.45) is 1.57. The van der Waals surface area contributed by atoms with E-state index < -0.39 is 21.7 Å². The predicted octanol–water partition coefficient (Wildman–Crippen LogP) is 4.58. The Morgan fingerprint density at radius 3 is 1.74 bits per heavy atom. The van der Waals surface area contributed by atoms with Crippen LogP contribution in [0.1, 0.15) is 0 Å². The Bertz CT molecular complexity index is 1330. The van der Waals surface area contributed by atoms with Crippen molar-refractivity contribution in [1.82, 2.24) is 0 Å². The molecule has 3 rings (SSSR count). The fourth-order valence-corrected chi connectivity index (χ4v) is 4.07. The van der Waals surface area contributed by atoms with Gasteiger partial charge in [0, 0.05) is 37.6 Å². The smallest absolute Gasteiger partial charge is 0.328 e. The van der Waals surface area contributed by atoms with Gasteiger partial charge in [-0.1, -0.05) is 0 Å². The maximum atomic E-state index is 12.9. The Labute approximate surface area is 197 Å². The number of carboxylic acids is 1. The van der Waals surface area contributed by atoms with Crippen LogP contribution in [0.4, 0.5) is 22.7 Å². The molecule has 0 aliphatic rings. The minimum absolute atomic E-state index is 0.0435. The summed E-state index contributed by atoms with van der Waals surface area (Å²) in [6, 6.07) is 19.1. The molecule has 34 heavy (non-hydrogen) atoms. The monoisotopic (exact) mass is 478 g/mol. The molecule has 2 N–H and O–H groups in total. The first-order valence-corrected chi connectivity index (χ1v) is 11.5. The summed E-state index contributed by atoms with van der Waals surface area (Å²) in [6.45, 7) is 0. The van der Waals surface area contributed by atoms with Gasteiger partial charge >= 0.3 is 5.97 Å². The van der Waals surface area contributed by atoms with Gasteiger partial charge in [0.25, 0.3) is 0 Å². The predicted molar refractivity (Wildman–Crippen MR) is 129 cm³/mol. The van der Waals surface area contributed by atoms with Crippen LogP contribution < -0.4 is 10.2 Å². The quantitative estimate of drug-likeness (QED) is 0.360. The van der Waals surface area contributed by atoms with Crippen molar-refractivity contribution in [3.63, 3.8) is 0 Å². The summed E-state index contributed by atoms with van der Waals surface area (Å²) >= 11 is 0. The molecule has 0 heterocycles. The highest BCUT2D eigenvalue weighted by molar-refractivity contribution is 7.91. The van der Waals surface area contributed by atoms with Crippen LogP contribution in [0.25, 0.3) is 0 Å². The number of sulfone groups is 1. The van der Waals surface area contributed by atoms with Crippen LogP contribution in [-0.4, -0.2) is 39.5 Å². The van der Waals surface area contributed by atoms with Gasteiger partial charge in [-0.3, -0.25) is 4.79 Å². The van der Waals surface area contributed by atoms with Crippen molar-refractivity contribution in [1.29, 1.82) is 0 Å². The number of anilines is 2. The number of amides is 1. The number of carbonyl (C=O) groups is 2. The summed E-state index contributed by atoms with van der Waals surface area (Å²) in [4.78, 5) is 24.2. The van der Waals surface area contributed by atoms with Crippen LogP contribution >= 0.6 is 0 Å². The lowest BCUT2D eigenvalue weighted by atomic mass is 10.3. The van der Waals surface area contributed by atoms with Crippen molar-refractivity contribution in [2.45, 2.75) is 9.79 Å². The Balaban J connectivity index is 1.69. The number of benzene rings is 3. The average Bonchev–Trinajstić information content (AvgIpc) is 2.82. The third-order valence-corrected chi connectivity index (χ3v) is 6.39. The number of aliphatic carboxylic acids is 1. The molecule has 9 nitrogen and oxygen atoms in total. The van der Waals surface area contributed by atoms with E-state index in [9.17, 15) is 18.0 Å². The number of azo groups is 1. The molecule has 0 unspecified atom stereocenters. The normalized spacial score (nSPS) is 11.6. The van der Waals surface area contributed by atoms with Crippen LogP contribution in [0.3, 0.4) is 0 Å². The van der Waals surface area contributed by atoms with E-state index in [-0.39, 0.29) is 9.79 Å². The van der Waals surface area contributed by atoms with Crippen molar-refractivity contribution in [2.24, 2.45) is 10.2 Å². The minimum Gasteiger partial charge on any atom is -0.478 e. The molecule has 0 saturated heterocycles. The third-order valence-electron chi connectivity index (χ3n) is 4.60. The Kier molecular flexibility index (Phi) is 7.54. The third kappa shape index (κ3) is 6.36. The molecule has 3 aromatic rings. The second-order valence-corrected chi connectivity index (χ2v) is 9.24. The van der Waals surface area contributed by atoms with Crippen LogP contribution in [0.5, 0.6) is 0 Å².